The molecule has 0 aliphatic rings. The Morgan fingerprint density at radius 3 is 2.35 bits per heavy atom. The Morgan fingerprint density at radius 1 is 0.962 bits per heavy atom. The molecule has 0 fully saturated rings. The summed E-state index contributed by atoms with van der Waals surface area (Å²) in [4.78, 5) is 15.5. The number of nitrogens with one attached hydrogen (secondary N) is 1. The minimum atomic E-state index is 0.729. The van der Waals surface area contributed by atoms with E-state index in [2.05, 4.69) is 52.2 Å². The lowest BCUT2D eigenvalue weighted by Crippen LogP contribution is -2.23. The van der Waals surface area contributed by atoms with Gasteiger partial charge < -0.3 is 10.2 Å². The number of aromatic nitrogens is 3. The first-order valence-corrected chi connectivity index (χ1v) is 8.82. The quantitative estimate of drug-likeness (QED) is 0.723. The summed E-state index contributed by atoms with van der Waals surface area (Å²) in [6, 6.07) is 12.3. The molecule has 0 spiro atoms. The molecule has 1 aromatic carbocycles. The number of likely N-dealkylation sites (N-methyl/N-ethyl adjacent to an activating group) is 1. The normalized spacial score (nSPS) is 10.6. The molecule has 134 valence electrons. The van der Waals surface area contributed by atoms with Gasteiger partial charge in [-0.15, -0.1) is 0 Å². The van der Waals surface area contributed by atoms with Crippen LogP contribution < -0.4 is 10.2 Å². The van der Waals surface area contributed by atoms with Gasteiger partial charge in [-0.2, -0.15) is 4.98 Å². The monoisotopic (exact) mass is 347 g/mol. The van der Waals surface area contributed by atoms with Crippen molar-refractivity contribution in [2.45, 2.75) is 27.2 Å². The van der Waals surface area contributed by atoms with Crippen LogP contribution in [0, 0.1) is 20.8 Å². The average Bonchev–Trinajstić information content (AvgIpc) is 2.63. The third-order valence-electron chi connectivity index (χ3n) is 4.40. The van der Waals surface area contributed by atoms with Crippen molar-refractivity contribution in [1.82, 2.24) is 15.0 Å². The van der Waals surface area contributed by atoms with Crippen LogP contribution >= 0.6 is 0 Å². The highest BCUT2D eigenvalue weighted by molar-refractivity contribution is 5.65. The predicted octanol–water partition coefficient (Wildman–Crippen LogP) is 4.22. The number of para-hydroxylation sites is 1. The summed E-state index contributed by atoms with van der Waals surface area (Å²) >= 11 is 0. The van der Waals surface area contributed by atoms with Crippen LogP contribution in [0.25, 0.3) is 0 Å². The van der Waals surface area contributed by atoms with E-state index in [1.165, 1.54) is 16.7 Å². The molecular weight excluding hydrogens is 322 g/mol. The number of rotatable bonds is 6. The number of aryl methyl sites for hydroxylation is 3. The van der Waals surface area contributed by atoms with Crippen LogP contribution in [0.3, 0.4) is 0 Å². The second kappa shape index (κ2) is 7.95. The van der Waals surface area contributed by atoms with E-state index in [9.17, 15) is 0 Å². The molecule has 1 N–H and O–H groups in total. The first-order chi connectivity index (χ1) is 12.5. The van der Waals surface area contributed by atoms with Crippen molar-refractivity contribution in [2.75, 3.05) is 23.8 Å². The van der Waals surface area contributed by atoms with Gasteiger partial charge in [0.05, 0.1) is 0 Å². The van der Waals surface area contributed by atoms with Crippen molar-refractivity contribution >= 4 is 17.5 Å². The lowest BCUT2D eigenvalue weighted by molar-refractivity contribution is 0.833. The molecule has 3 rings (SSSR count). The molecule has 3 aromatic rings. The Labute approximate surface area is 155 Å². The van der Waals surface area contributed by atoms with E-state index >= 15 is 0 Å². The van der Waals surface area contributed by atoms with Gasteiger partial charge in [0.2, 0.25) is 5.95 Å². The minimum Gasteiger partial charge on any atom is -0.343 e. The number of hydrogen-bond donors (Lipinski definition) is 1. The number of pyridine rings is 1. The molecule has 0 aliphatic heterocycles. The predicted molar refractivity (Wildman–Crippen MR) is 107 cm³/mol. The van der Waals surface area contributed by atoms with Crippen LogP contribution in [-0.2, 0) is 6.42 Å². The van der Waals surface area contributed by atoms with Crippen LogP contribution in [0.5, 0.6) is 0 Å². The van der Waals surface area contributed by atoms with Crippen molar-refractivity contribution in [3.63, 3.8) is 0 Å². The highest BCUT2D eigenvalue weighted by Crippen LogP contribution is 2.24. The van der Waals surface area contributed by atoms with Crippen molar-refractivity contribution in [2.24, 2.45) is 0 Å². The van der Waals surface area contributed by atoms with E-state index < -0.39 is 0 Å². The number of nitrogens with zero attached hydrogens (tertiary/aromatic N) is 4. The fraction of sp³-hybridized carbons (Fsp3) is 0.286. The fourth-order valence-corrected chi connectivity index (χ4v) is 2.87. The molecule has 0 radical (unpaired) electrons. The zero-order chi connectivity index (χ0) is 18.5. The summed E-state index contributed by atoms with van der Waals surface area (Å²) in [5.74, 6) is 1.55. The van der Waals surface area contributed by atoms with Gasteiger partial charge in [-0.1, -0.05) is 18.2 Å². The molecular formula is C21H25N5. The third kappa shape index (κ3) is 4.36. The standard InChI is InChI=1S/C21H25N5/c1-15-6-5-7-16(2)20(15)24-19-14-17(3)23-21(25-19)26(4)13-10-18-8-11-22-12-9-18/h5-9,11-12,14H,10,13H2,1-4H3,(H,23,24,25). The van der Waals surface area contributed by atoms with Crippen molar-refractivity contribution < 1.29 is 0 Å². The first-order valence-electron chi connectivity index (χ1n) is 8.82. The van der Waals surface area contributed by atoms with Crippen molar-refractivity contribution in [3.8, 4) is 0 Å². The zero-order valence-electron chi connectivity index (χ0n) is 15.8. The molecule has 26 heavy (non-hydrogen) atoms. The third-order valence-corrected chi connectivity index (χ3v) is 4.40. The summed E-state index contributed by atoms with van der Waals surface area (Å²) in [5.41, 5.74) is 5.71. The van der Waals surface area contributed by atoms with E-state index in [1.807, 2.05) is 44.6 Å². The summed E-state index contributed by atoms with van der Waals surface area (Å²) in [6.07, 6.45) is 4.58. The lowest BCUT2D eigenvalue weighted by Gasteiger charge is -2.19. The maximum absolute atomic E-state index is 4.71. The summed E-state index contributed by atoms with van der Waals surface area (Å²) in [7, 11) is 2.03. The average molecular weight is 347 g/mol. The van der Waals surface area contributed by atoms with Gasteiger partial charge in [0.25, 0.3) is 0 Å². The van der Waals surface area contributed by atoms with Gasteiger partial charge in [-0.3, -0.25) is 4.98 Å². The molecule has 5 nitrogen and oxygen atoms in total. The fourth-order valence-electron chi connectivity index (χ4n) is 2.87. The summed E-state index contributed by atoms with van der Waals surface area (Å²) < 4.78 is 0. The Balaban J connectivity index is 1.76. The van der Waals surface area contributed by atoms with Gasteiger partial charge in [0.15, 0.2) is 0 Å². The summed E-state index contributed by atoms with van der Waals surface area (Å²) in [6.45, 7) is 7.05. The molecule has 0 unspecified atom stereocenters. The van der Waals surface area contributed by atoms with Crippen LogP contribution in [0.2, 0.25) is 0 Å². The Kier molecular flexibility index (Phi) is 5.46. The maximum atomic E-state index is 4.71. The number of hydrogen-bond acceptors (Lipinski definition) is 5. The van der Waals surface area contributed by atoms with Crippen LogP contribution in [0.1, 0.15) is 22.4 Å². The molecule has 0 saturated heterocycles. The van der Waals surface area contributed by atoms with Crippen LogP contribution in [0.15, 0.2) is 48.8 Å². The van der Waals surface area contributed by atoms with Gasteiger partial charge in [-0.25, -0.2) is 4.98 Å². The number of benzene rings is 1. The smallest absolute Gasteiger partial charge is 0.227 e. The highest BCUT2D eigenvalue weighted by atomic mass is 15.2. The maximum Gasteiger partial charge on any atom is 0.227 e. The zero-order valence-corrected chi connectivity index (χ0v) is 15.8. The van der Waals surface area contributed by atoms with Gasteiger partial charge in [-0.05, 0) is 56.0 Å². The molecule has 0 amide bonds. The molecule has 0 saturated carbocycles. The highest BCUT2D eigenvalue weighted by Gasteiger charge is 2.10. The number of anilines is 3. The Bertz CT molecular complexity index is 857. The van der Waals surface area contributed by atoms with Crippen molar-refractivity contribution in [1.29, 1.82) is 0 Å². The van der Waals surface area contributed by atoms with E-state index in [1.54, 1.807) is 0 Å². The van der Waals surface area contributed by atoms with Crippen LogP contribution in [-0.4, -0.2) is 28.5 Å². The van der Waals surface area contributed by atoms with Gasteiger partial charge >= 0.3 is 0 Å². The Hall–Kier alpha value is -2.95. The summed E-state index contributed by atoms with van der Waals surface area (Å²) in [5, 5.41) is 3.46. The molecule has 0 atom stereocenters. The van der Waals surface area contributed by atoms with Gasteiger partial charge in [0.1, 0.15) is 5.82 Å². The second-order valence-corrected chi connectivity index (χ2v) is 6.61. The first kappa shape index (κ1) is 17.9. The molecule has 2 heterocycles. The van der Waals surface area contributed by atoms with E-state index in [0.29, 0.717) is 0 Å². The lowest BCUT2D eigenvalue weighted by atomic mass is 10.1. The molecule has 2 aromatic heterocycles. The molecule has 0 bridgehead atoms. The van der Waals surface area contributed by atoms with Crippen molar-refractivity contribution in [3.05, 3.63) is 71.2 Å². The van der Waals surface area contributed by atoms with Gasteiger partial charge in [0, 0.05) is 43.4 Å². The second-order valence-electron chi connectivity index (χ2n) is 6.61. The van der Waals surface area contributed by atoms with E-state index in [4.69, 9.17) is 4.98 Å². The molecule has 5 heteroatoms. The topological polar surface area (TPSA) is 53.9 Å². The Morgan fingerprint density at radius 2 is 1.65 bits per heavy atom. The SMILES string of the molecule is Cc1cc(Nc2c(C)cccc2C)nc(N(C)CCc2ccncc2)n1. The largest absolute Gasteiger partial charge is 0.343 e. The van der Waals surface area contributed by atoms with E-state index in [0.717, 1.165) is 36.1 Å². The van der Waals surface area contributed by atoms with E-state index in [-0.39, 0.29) is 0 Å². The molecule has 0 aliphatic carbocycles. The minimum absolute atomic E-state index is 0.729. The van der Waals surface area contributed by atoms with Crippen LogP contribution in [0.4, 0.5) is 17.5 Å².